The van der Waals surface area contributed by atoms with E-state index in [2.05, 4.69) is 0 Å². The summed E-state index contributed by atoms with van der Waals surface area (Å²) < 4.78 is 11.6. The minimum atomic E-state index is -0.472. The van der Waals surface area contributed by atoms with Gasteiger partial charge in [-0.1, -0.05) is 36.4 Å². The highest BCUT2D eigenvalue weighted by molar-refractivity contribution is 8.18. The molecule has 1 fully saturated rings. The van der Waals surface area contributed by atoms with Gasteiger partial charge in [0.15, 0.2) is 0 Å². The summed E-state index contributed by atoms with van der Waals surface area (Å²) in [5, 5.41) is 12.5. The van der Waals surface area contributed by atoms with Gasteiger partial charge in [0.25, 0.3) is 16.8 Å². The van der Waals surface area contributed by atoms with Crippen LogP contribution >= 0.6 is 11.8 Å². The van der Waals surface area contributed by atoms with Gasteiger partial charge in [0.2, 0.25) is 0 Å². The van der Waals surface area contributed by atoms with Crippen molar-refractivity contribution in [2.24, 2.45) is 0 Å². The van der Waals surface area contributed by atoms with Gasteiger partial charge < -0.3 is 9.15 Å². The molecule has 0 N–H and O–H groups in total. The van der Waals surface area contributed by atoms with Crippen LogP contribution in [0, 0.1) is 10.1 Å². The van der Waals surface area contributed by atoms with Gasteiger partial charge in [0.1, 0.15) is 23.9 Å². The van der Waals surface area contributed by atoms with E-state index in [-0.39, 0.29) is 29.0 Å². The van der Waals surface area contributed by atoms with E-state index in [1.54, 1.807) is 24.3 Å². The van der Waals surface area contributed by atoms with Gasteiger partial charge in [-0.25, -0.2) is 0 Å². The van der Waals surface area contributed by atoms with Gasteiger partial charge in [-0.2, -0.15) is 0 Å². The predicted octanol–water partition coefficient (Wildman–Crippen LogP) is 6.12. The second kappa shape index (κ2) is 9.47. The van der Waals surface area contributed by atoms with Crippen molar-refractivity contribution in [3.63, 3.8) is 0 Å². The van der Waals surface area contributed by atoms with Crippen molar-refractivity contribution < 1.29 is 23.7 Å². The van der Waals surface area contributed by atoms with E-state index in [9.17, 15) is 19.7 Å². The fourth-order valence-corrected chi connectivity index (χ4v) is 4.57. The maximum atomic E-state index is 12.8. The van der Waals surface area contributed by atoms with Crippen LogP contribution in [0.3, 0.4) is 0 Å². The third-order valence-electron chi connectivity index (χ3n) is 5.46. The highest BCUT2D eigenvalue weighted by Gasteiger charge is 2.35. The number of nitrogens with zero attached hydrogens (tertiary/aromatic N) is 2. The van der Waals surface area contributed by atoms with E-state index in [4.69, 9.17) is 9.15 Å². The SMILES string of the molecule is O=C1S/C(=C\c2ccc(-c3ccc([N+](=O)[O-])cc3)o2)C(=O)N1CCOc1cccc2ccccc12. The lowest BCUT2D eigenvalue weighted by molar-refractivity contribution is -0.384. The molecule has 0 unspecified atom stereocenters. The second-order valence-corrected chi connectivity index (χ2v) is 8.66. The van der Waals surface area contributed by atoms with Crippen molar-refractivity contribution in [2.75, 3.05) is 13.2 Å². The molecule has 0 radical (unpaired) electrons. The Hall–Kier alpha value is -4.37. The Bertz CT molecular complexity index is 1470. The Morgan fingerprint density at radius 3 is 2.54 bits per heavy atom. The van der Waals surface area contributed by atoms with Crippen LogP contribution in [-0.2, 0) is 4.79 Å². The molecule has 1 saturated heterocycles. The molecule has 0 aliphatic carbocycles. The zero-order valence-electron chi connectivity index (χ0n) is 18.2. The van der Waals surface area contributed by atoms with E-state index in [0.29, 0.717) is 22.8 Å². The molecular formula is C26H18N2O6S. The molecule has 2 amide bonds. The molecule has 8 nitrogen and oxygen atoms in total. The number of carbonyl (C=O) groups is 2. The number of nitro benzene ring substituents is 1. The Kier molecular flexibility index (Phi) is 6.07. The molecule has 9 heteroatoms. The number of hydrogen-bond acceptors (Lipinski definition) is 7. The Balaban J connectivity index is 1.25. The molecular weight excluding hydrogens is 468 g/mol. The number of non-ortho nitro benzene ring substituents is 1. The number of carbonyl (C=O) groups excluding carboxylic acids is 2. The van der Waals surface area contributed by atoms with Crippen LogP contribution in [0.1, 0.15) is 5.76 Å². The minimum Gasteiger partial charge on any atom is -0.491 e. The van der Waals surface area contributed by atoms with Crippen LogP contribution in [-0.4, -0.2) is 34.1 Å². The highest BCUT2D eigenvalue weighted by Crippen LogP contribution is 2.33. The molecule has 0 bridgehead atoms. The molecule has 0 saturated carbocycles. The standard InChI is InChI=1S/C26H18N2O6S/c29-25-24(16-20-12-13-22(34-20)18-8-10-19(11-9-18)28(31)32)35-26(30)27(25)14-15-33-23-7-3-5-17-4-1-2-6-21(17)23/h1-13,16H,14-15H2/b24-16-. The summed E-state index contributed by atoms with van der Waals surface area (Å²) in [5.74, 6) is 1.18. The van der Waals surface area contributed by atoms with Crippen LogP contribution in [0.25, 0.3) is 28.2 Å². The van der Waals surface area contributed by atoms with Crippen LogP contribution in [0.2, 0.25) is 0 Å². The van der Waals surface area contributed by atoms with Crippen molar-refractivity contribution >= 4 is 45.4 Å². The predicted molar refractivity (Wildman–Crippen MR) is 133 cm³/mol. The van der Waals surface area contributed by atoms with Gasteiger partial charge in [0.05, 0.1) is 16.4 Å². The zero-order chi connectivity index (χ0) is 24.4. The average Bonchev–Trinajstić information content (AvgIpc) is 3.44. The Labute approximate surface area is 203 Å². The maximum absolute atomic E-state index is 12.8. The molecule has 1 aliphatic rings. The van der Waals surface area contributed by atoms with Crippen LogP contribution in [0.5, 0.6) is 5.75 Å². The van der Waals surface area contributed by atoms with Crippen molar-refractivity contribution in [3.05, 3.63) is 99.6 Å². The molecule has 4 aromatic rings. The number of fused-ring (bicyclic) bond motifs is 1. The molecule has 5 rings (SSSR count). The molecule has 3 aromatic carbocycles. The summed E-state index contributed by atoms with van der Waals surface area (Å²) >= 11 is 0.844. The topological polar surface area (TPSA) is 103 Å². The number of imide groups is 1. The molecule has 0 atom stereocenters. The quantitative estimate of drug-likeness (QED) is 0.176. The maximum Gasteiger partial charge on any atom is 0.293 e. The van der Waals surface area contributed by atoms with Gasteiger partial charge >= 0.3 is 0 Å². The van der Waals surface area contributed by atoms with Gasteiger partial charge in [-0.15, -0.1) is 0 Å². The fourth-order valence-electron chi connectivity index (χ4n) is 3.72. The summed E-state index contributed by atoms with van der Waals surface area (Å²) in [4.78, 5) is 37.0. The van der Waals surface area contributed by atoms with Gasteiger partial charge in [0, 0.05) is 29.2 Å². The zero-order valence-corrected chi connectivity index (χ0v) is 19.1. The smallest absolute Gasteiger partial charge is 0.293 e. The summed E-state index contributed by atoms with van der Waals surface area (Å²) in [6.45, 7) is 0.293. The van der Waals surface area contributed by atoms with Crippen LogP contribution in [0.15, 0.2) is 88.2 Å². The van der Waals surface area contributed by atoms with Gasteiger partial charge in [-0.3, -0.25) is 24.6 Å². The van der Waals surface area contributed by atoms with Crippen molar-refractivity contribution in [2.45, 2.75) is 0 Å². The van der Waals surface area contributed by atoms with E-state index in [1.165, 1.54) is 18.2 Å². The number of hydrogen-bond donors (Lipinski definition) is 0. The van der Waals surface area contributed by atoms with E-state index >= 15 is 0 Å². The summed E-state index contributed by atoms with van der Waals surface area (Å²) in [5.41, 5.74) is 0.646. The number of furan rings is 1. The summed E-state index contributed by atoms with van der Waals surface area (Å²) in [6.07, 6.45) is 1.52. The lowest BCUT2D eigenvalue weighted by atomic mass is 10.1. The third-order valence-corrected chi connectivity index (χ3v) is 6.37. The minimum absolute atomic E-state index is 0.0152. The first kappa shape index (κ1) is 22.4. The monoisotopic (exact) mass is 486 g/mol. The summed E-state index contributed by atoms with van der Waals surface area (Å²) in [6, 6.07) is 22.9. The molecule has 1 aliphatic heterocycles. The molecule has 1 aromatic heterocycles. The van der Waals surface area contributed by atoms with Crippen LogP contribution < -0.4 is 4.74 Å². The highest BCUT2D eigenvalue weighted by atomic mass is 32.2. The largest absolute Gasteiger partial charge is 0.491 e. The molecule has 0 spiro atoms. The summed E-state index contributed by atoms with van der Waals surface area (Å²) in [7, 11) is 0. The second-order valence-electron chi connectivity index (χ2n) is 7.67. The first-order chi connectivity index (χ1) is 17.0. The Morgan fingerprint density at radius 2 is 1.74 bits per heavy atom. The number of thioether (sulfide) groups is 1. The Morgan fingerprint density at radius 1 is 0.971 bits per heavy atom. The lowest BCUT2D eigenvalue weighted by Crippen LogP contribution is -2.32. The van der Waals surface area contributed by atoms with E-state index in [1.807, 2.05) is 42.5 Å². The average molecular weight is 487 g/mol. The molecule has 35 heavy (non-hydrogen) atoms. The first-order valence-electron chi connectivity index (χ1n) is 10.7. The third kappa shape index (κ3) is 4.67. The van der Waals surface area contributed by atoms with Gasteiger partial charge in [-0.05, 0) is 47.5 Å². The molecule has 174 valence electrons. The van der Waals surface area contributed by atoms with E-state index < -0.39 is 10.8 Å². The molecule has 2 heterocycles. The van der Waals surface area contributed by atoms with Crippen molar-refractivity contribution in [1.82, 2.24) is 4.90 Å². The number of amides is 2. The van der Waals surface area contributed by atoms with E-state index in [0.717, 1.165) is 27.4 Å². The lowest BCUT2D eigenvalue weighted by Gasteiger charge is -2.14. The number of nitro groups is 1. The normalized spacial score (nSPS) is 14.7. The number of rotatable bonds is 7. The fraction of sp³-hybridized carbons (Fsp3) is 0.0769. The van der Waals surface area contributed by atoms with Crippen molar-refractivity contribution in [3.8, 4) is 17.1 Å². The van der Waals surface area contributed by atoms with Crippen molar-refractivity contribution in [1.29, 1.82) is 0 Å². The first-order valence-corrected chi connectivity index (χ1v) is 11.5. The van der Waals surface area contributed by atoms with Crippen LogP contribution in [0.4, 0.5) is 10.5 Å². The number of ether oxygens (including phenoxy) is 1. The number of benzene rings is 3.